The minimum atomic E-state index is -0.449. The van der Waals surface area contributed by atoms with E-state index in [9.17, 15) is 4.79 Å². The number of rotatable bonds is 4. The molecule has 1 aromatic carbocycles. The number of hydrogen-bond acceptors (Lipinski definition) is 3. The van der Waals surface area contributed by atoms with E-state index in [1.807, 2.05) is 35.0 Å². The average molecular weight is 284 g/mol. The Morgan fingerprint density at radius 3 is 2.57 bits per heavy atom. The third-order valence-electron chi connectivity index (χ3n) is 3.98. The molecule has 0 unspecified atom stereocenters. The fourth-order valence-corrected chi connectivity index (χ4v) is 2.86. The second-order valence-corrected chi connectivity index (χ2v) is 5.52. The molecule has 3 N–H and O–H groups in total. The van der Waals surface area contributed by atoms with Crippen LogP contribution in [0.25, 0.3) is 0 Å². The summed E-state index contributed by atoms with van der Waals surface area (Å²) in [6, 6.07) is 10.1. The molecule has 1 saturated carbocycles. The monoisotopic (exact) mass is 284 g/mol. The number of carbonyl (C=O) groups is 1. The first-order valence-corrected chi connectivity index (χ1v) is 7.45. The Labute approximate surface area is 124 Å². The summed E-state index contributed by atoms with van der Waals surface area (Å²) < 4.78 is 1.91. The molecule has 0 saturated heterocycles. The molecule has 21 heavy (non-hydrogen) atoms. The highest BCUT2D eigenvalue weighted by Gasteiger charge is 2.20. The second-order valence-electron chi connectivity index (χ2n) is 5.52. The van der Waals surface area contributed by atoms with Crippen molar-refractivity contribution in [1.82, 2.24) is 9.78 Å². The van der Waals surface area contributed by atoms with Crippen molar-refractivity contribution >= 4 is 17.4 Å². The van der Waals surface area contributed by atoms with Crippen molar-refractivity contribution in [2.45, 2.75) is 38.1 Å². The van der Waals surface area contributed by atoms with Gasteiger partial charge in [-0.15, -0.1) is 0 Å². The highest BCUT2D eigenvalue weighted by molar-refractivity contribution is 5.98. The van der Waals surface area contributed by atoms with E-state index in [1.165, 1.54) is 19.3 Å². The molecule has 110 valence electrons. The van der Waals surface area contributed by atoms with Crippen molar-refractivity contribution in [2.24, 2.45) is 5.73 Å². The molecule has 1 heterocycles. The van der Waals surface area contributed by atoms with Gasteiger partial charge in [0.05, 0.1) is 6.04 Å². The third-order valence-corrected chi connectivity index (χ3v) is 3.98. The summed E-state index contributed by atoms with van der Waals surface area (Å²) in [5.74, 6) is 0.0924. The van der Waals surface area contributed by atoms with Gasteiger partial charge in [0.1, 0.15) is 5.56 Å². The summed E-state index contributed by atoms with van der Waals surface area (Å²) in [5.41, 5.74) is 6.82. The second kappa shape index (κ2) is 5.99. The van der Waals surface area contributed by atoms with Gasteiger partial charge in [-0.1, -0.05) is 37.5 Å². The van der Waals surface area contributed by atoms with Crippen LogP contribution in [-0.4, -0.2) is 15.7 Å². The highest BCUT2D eigenvalue weighted by Crippen LogP contribution is 2.29. The van der Waals surface area contributed by atoms with E-state index in [-0.39, 0.29) is 0 Å². The number of aromatic nitrogens is 2. The Balaban J connectivity index is 1.87. The minimum absolute atomic E-state index is 0.378. The predicted molar refractivity (Wildman–Crippen MR) is 82.6 cm³/mol. The summed E-state index contributed by atoms with van der Waals surface area (Å²) in [5, 5.41) is 7.74. The van der Waals surface area contributed by atoms with Crippen LogP contribution < -0.4 is 11.1 Å². The smallest absolute Gasteiger partial charge is 0.254 e. The first kappa shape index (κ1) is 13.7. The minimum Gasteiger partial charge on any atom is -0.365 e. The van der Waals surface area contributed by atoms with Crippen LogP contribution in [0.2, 0.25) is 0 Å². The average Bonchev–Trinajstić information content (AvgIpc) is 2.93. The molecule has 1 aliphatic rings. The molecule has 1 aliphatic carbocycles. The molecule has 5 heteroatoms. The maximum atomic E-state index is 11.6. The van der Waals surface area contributed by atoms with Gasteiger partial charge in [-0.2, -0.15) is 5.10 Å². The molecule has 1 aromatic heterocycles. The predicted octanol–water partition coefficient (Wildman–Crippen LogP) is 3.23. The highest BCUT2D eigenvalue weighted by atomic mass is 16.1. The molecule has 0 radical (unpaired) electrons. The first-order chi connectivity index (χ1) is 10.2. The number of benzene rings is 1. The number of anilines is 2. The third kappa shape index (κ3) is 3.07. The number of nitrogens with two attached hydrogens (primary N) is 1. The van der Waals surface area contributed by atoms with E-state index < -0.39 is 5.91 Å². The van der Waals surface area contributed by atoms with Crippen molar-refractivity contribution in [3.8, 4) is 0 Å². The Hall–Kier alpha value is -2.30. The van der Waals surface area contributed by atoms with Gasteiger partial charge in [0, 0.05) is 11.9 Å². The van der Waals surface area contributed by atoms with Gasteiger partial charge in [-0.3, -0.25) is 9.48 Å². The lowest BCUT2D eigenvalue weighted by molar-refractivity contribution is 0.100. The van der Waals surface area contributed by atoms with Crippen LogP contribution in [0.1, 0.15) is 48.5 Å². The van der Waals surface area contributed by atoms with Crippen LogP contribution in [0.15, 0.2) is 36.5 Å². The number of amides is 1. The maximum absolute atomic E-state index is 11.6. The zero-order chi connectivity index (χ0) is 14.7. The molecule has 5 nitrogen and oxygen atoms in total. The van der Waals surface area contributed by atoms with Crippen LogP contribution >= 0.6 is 0 Å². The number of carbonyl (C=O) groups excluding carboxylic acids is 1. The lowest BCUT2D eigenvalue weighted by Gasteiger charge is -2.21. The van der Waals surface area contributed by atoms with Gasteiger partial charge in [0.2, 0.25) is 0 Å². The normalized spacial score (nSPS) is 15.8. The SMILES string of the molecule is NC(=O)c1cn(C2CCCCC2)nc1Nc1ccccc1. The fourth-order valence-electron chi connectivity index (χ4n) is 2.86. The van der Waals surface area contributed by atoms with Crippen LogP contribution in [0.4, 0.5) is 11.5 Å². The quantitative estimate of drug-likeness (QED) is 0.905. The van der Waals surface area contributed by atoms with Crippen LogP contribution in [-0.2, 0) is 0 Å². The first-order valence-electron chi connectivity index (χ1n) is 7.45. The number of nitrogens with one attached hydrogen (secondary N) is 1. The van der Waals surface area contributed by atoms with Gasteiger partial charge in [-0.25, -0.2) is 0 Å². The van der Waals surface area contributed by atoms with E-state index in [0.29, 0.717) is 17.4 Å². The summed E-state index contributed by atoms with van der Waals surface area (Å²) >= 11 is 0. The van der Waals surface area contributed by atoms with Crippen LogP contribution in [0, 0.1) is 0 Å². The topological polar surface area (TPSA) is 72.9 Å². The molecule has 2 aromatic rings. The maximum Gasteiger partial charge on any atom is 0.254 e. The molecule has 3 rings (SSSR count). The number of hydrogen-bond donors (Lipinski definition) is 2. The van der Waals surface area contributed by atoms with Gasteiger partial charge in [-0.05, 0) is 25.0 Å². The van der Waals surface area contributed by atoms with E-state index in [2.05, 4.69) is 10.4 Å². The Kier molecular flexibility index (Phi) is 3.90. The molecule has 0 spiro atoms. The summed E-state index contributed by atoms with van der Waals surface area (Å²) in [4.78, 5) is 11.6. The summed E-state index contributed by atoms with van der Waals surface area (Å²) in [6.45, 7) is 0. The van der Waals surface area contributed by atoms with Crippen LogP contribution in [0.5, 0.6) is 0 Å². The van der Waals surface area contributed by atoms with Crippen molar-refractivity contribution in [1.29, 1.82) is 0 Å². The Bertz CT molecular complexity index is 614. The number of nitrogens with zero attached hydrogens (tertiary/aromatic N) is 2. The standard InChI is InChI=1S/C16H20N4O/c17-15(21)14-11-20(13-9-5-2-6-10-13)19-16(14)18-12-7-3-1-4-8-12/h1,3-4,7-8,11,13H,2,5-6,9-10H2,(H2,17,21)(H,18,19). The molecular formula is C16H20N4O. The van der Waals surface area contributed by atoms with Crippen molar-refractivity contribution < 1.29 is 4.79 Å². The van der Waals surface area contributed by atoms with E-state index >= 15 is 0 Å². The Morgan fingerprint density at radius 2 is 1.90 bits per heavy atom. The van der Waals surface area contributed by atoms with Crippen LogP contribution in [0.3, 0.4) is 0 Å². The van der Waals surface area contributed by atoms with Gasteiger partial charge in [0.25, 0.3) is 5.91 Å². The zero-order valence-corrected chi connectivity index (χ0v) is 12.0. The lowest BCUT2D eigenvalue weighted by atomic mass is 9.96. The lowest BCUT2D eigenvalue weighted by Crippen LogP contribution is -2.14. The summed E-state index contributed by atoms with van der Waals surface area (Å²) in [6.07, 6.45) is 7.74. The zero-order valence-electron chi connectivity index (χ0n) is 12.0. The number of para-hydroxylation sites is 1. The Morgan fingerprint density at radius 1 is 1.19 bits per heavy atom. The van der Waals surface area contributed by atoms with Gasteiger partial charge in [0.15, 0.2) is 5.82 Å². The van der Waals surface area contributed by atoms with Crippen molar-refractivity contribution in [3.63, 3.8) is 0 Å². The largest absolute Gasteiger partial charge is 0.365 e. The van der Waals surface area contributed by atoms with E-state index in [4.69, 9.17) is 5.73 Å². The number of primary amides is 1. The molecule has 0 aliphatic heterocycles. The van der Waals surface area contributed by atoms with Crippen molar-refractivity contribution in [2.75, 3.05) is 5.32 Å². The van der Waals surface area contributed by atoms with E-state index in [0.717, 1.165) is 18.5 Å². The molecule has 1 fully saturated rings. The fraction of sp³-hybridized carbons (Fsp3) is 0.375. The van der Waals surface area contributed by atoms with Gasteiger partial charge >= 0.3 is 0 Å². The van der Waals surface area contributed by atoms with Crippen molar-refractivity contribution in [3.05, 3.63) is 42.1 Å². The van der Waals surface area contributed by atoms with E-state index in [1.54, 1.807) is 6.20 Å². The summed E-state index contributed by atoms with van der Waals surface area (Å²) in [7, 11) is 0. The molecule has 0 bridgehead atoms. The molecule has 0 atom stereocenters. The van der Waals surface area contributed by atoms with Gasteiger partial charge < -0.3 is 11.1 Å². The molecular weight excluding hydrogens is 264 g/mol. The molecule has 1 amide bonds.